The number of nitrogens with zero attached hydrogens (tertiary/aromatic N) is 2. The molecule has 0 radical (unpaired) electrons. The van der Waals surface area contributed by atoms with E-state index in [4.69, 9.17) is 0 Å². The van der Waals surface area contributed by atoms with Crippen molar-refractivity contribution in [2.45, 2.75) is 54.4 Å². The summed E-state index contributed by atoms with van der Waals surface area (Å²) in [7, 11) is 0. The summed E-state index contributed by atoms with van der Waals surface area (Å²) < 4.78 is 0. The Morgan fingerprint density at radius 1 is 0.739 bits per heavy atom. The highest BCUT2D eigenvalue weighted by atomic mass is 15.4. The van der Waals surface area contributed by atoms with Gasteiger partial charge in [0.1, 0.15) is 0 Å². The van der Waals surface area contributed by atoms with Crippen LogP contribution in [0, 0.1) is 11.8 Å². The second-order valence-electron chi connectivity index (χ2n) is 7.71. The molecule has 1 aliphatic heterocycles. The predicted molar refractivity (Wildman–Crippen MR) is 98.2 cm³/mol. The average Bonchev–Trinajstić information content (AvgIpc) is 2.85. The van der Waals surface area contributed by atoms with Crippen LogP contribution in [0.2, 0.25) is 0 Å². The first-order valence-electron chi connectivity index (χ1n) is 8.84. The molecule has 0 bridgehead atoms. The van der Waals surface area contributed by atoms with Crippen molar-refractivity contribution in [2.75, 3.05) is 6.67 Å². The molecule has 1 heterocycles. The second kappa shape index (κ2) is 6.07. The monoisotopic (exact) mass is 310 g/mol. The third-order valence-corrected chi connectivity index (χ3v) is 5.27. The molecule has 2 nitrogen and oxygen atoms in total. The van der Waals surface area contributed by atoms with Gasteiger partial charge in [0.15, 0.2) is 0 Å². The van der Waals surface area contributed by atoms with Crippen LogP contribution >= 0.6 is 0 Å². The zero-order chi connectivity index (χ0) is 16.7. The smallest absolute Gasteiger partial charge is 0.0983 e. The van der Waals surface area contributed by atoms with Gasteiger partial charge in [-0.1, -0.05) is 37.1 Å². The third kappa shape index (κ3) is 3.04. The fourth-order valence-corrected chi connectivity index (χ4v) is 4.69. The Bertz CT molecular complexity index is 601. The van der Waals surface area contributed by atoms with Gasteiger partial charge in [0.05, 0.1) is 6.67 Å². The van der Waals surface area contributed by atoms with Gasteiger partial charge < -0.3 is 9.80 Å². The Hall–Kier alpha value is -1.70. The molecule has 2 atom stereocenters. The van der Waals surface area contributed by atoms with Crippen molar-refractivity contribution < 1.29 is 0 Å². The third-order valence-electron chi connectivity index (χ3n) is 5.27. The molecule has 0 unspecified atom stereocenters. The van der Waals surface area contributed by atoms with Gasteiger partial charge in [0.25, 0.3) is 0 Å². The average molecular weight is 310 g/mol. The molecule has 124 valence electrons. The van der Waals surface area contributed by atoms with Crippen LogP contribution in [0.1, 0.15) is 54.4 Å². The van der Waals surface area contributed by atoms with Crippen LogP contribution in [-0.4, -0.2) is 16.5 Å². The zero-order valence-electron chi connectivity index (χ0n) is 15.5. The first-order chi connectivity index (χ1) is 10.9. The maximum Gasteiger partial charge on any atom is 0.0983 e. The molecule has 0 amide bonds. The SMILES string of the molecule is CC1=CC(C)=C(N2C=CN(C3=C(C)C=C(C)C[C@@H]3C)C2)[C@@H](C)C1. The number of hydrogen-bond acceptors (Lipinski definition) is 2. The molecule has 2 heteroatoms. The molecule has 0 aromatic rings. The van der Waals surface area contributed by atoms with Crippen LogP contribution in [0.4, 0.5) is 0 Å². The van der Waals surface area contributed by atoms with Gasteiger partial charge in [0.2, 0.25) is 0 Å². The summed E-state index contributed by atoms with van der Waals surface area (Å²) in [6, 6.07) is 0. The summed E-state index contributed by atoms with van der Waals surface area (Å²) in [4.78, 5) is 4.89. The zero-order valence-corrected chi connectivity index (χ0v) is 15.5. The molecule has 0 fully saturated rings. The summed E-state index contributed by atoms with van der Waals surface area (Å²) in [6.45, 7) is 14.7. The van der Waals surface area contributed by atoms with Crippen molar-refractivity contribution in [1.29, 1.82) is 0 Å². The van der Waals surface area contributed by atoms with E-state index in [1.54, 1.807) is 0 Å². The van der Waals surface area contributed by atoms with Crippen molar-refractivity contribution in [3.63, 3.8) is 0 Å². The number of hydrogen-bond donors (Lipinski definition) is 0. The summed E-state index contributed by atoms with van der Waals surface area (Å²) in [5.74, 6) is 1.20. The highest BCUT2D eigenvalue weighted by Crippen LogP contribution is 2.37. The minimum Gasteiger partial charge on any atom is -0.331 e. The van der Waals surface area contributed by atoms with Crippen LogP contribution in [0.5, 0.6) is 0 Å². The van der Waals surface area contributed by atoms with E-state index in [0.29, 0.717) is 11.8 Å². The maximum absolute atomic E-state index is 2.45. The topological polar surface area (TPSA) is 6.48 Å². The first-order valence-corrected chi connectivity index (χ1v) is 8.84. The summed E-state index contributed by atoms with van der Waals surface area (Å²) in [6.07, 6.45) is 11.6. The van der Waals surface area contributed by atoms with Crippen molar-refractivity contribution in [2.24, 2.45) is 11.8 Å². The highest BCUT2D eigenvalue weighted by Gasteiger charge is 2.28. The Balaban J connectivity index is 1.84. The van der Waals surface area contributed by atoms with Crippen molar-refractivity contribution in [1.82, 2.24) is 9.80 Å². The summed E-state index contributed by atoms with van der Waals surface area (Å²) >= 11 is 0. The van der Waals surface area contributed by atoms with Gasteiger partial charge in [-0.25, -0.2) is 0 Å². The van der Waals surface area contributed by atoms with E-state index in [1.165, 1.54) is 46.5 Å². The number of allylic oxidation sites excluding steroid dienone is 8. The van der Waals surface area contributed by atoms with Crippen molar-refractivity contribution in [3.05, 3.63) is 58.2 Å². The minimum atomic E-state index is 0.602. The van der Waals surface area contributed by atoms with Crippen LogP contribution in [0.15, 0.2) is 58.2 Å². The molecular formula is C21H30N2. The molecule has 0 aromatic carbocycles. The van der Waals surface area contributed by atoms with Gasteiger partial charge in [-0.15, -0.1) is 0 Å². The molecule has 3 rings (SSSR count). The van der Waals surface area contributed by atoms with Gasteiger partial charge in [-0.3, -0.25) is 0 Å². The largest absolute Gasteiger partial charge is 0.331 e. The van der Waals surface area contributed by atoms with Crippen molar-refractivity contribution >= 4 is 0 Å². The lowest BCUT2D eigenvalue weighted by Crippen LogP contribution is -2.31. The first kappa shape index (κ1) is 16.2. The predicted octanol–water partition coefficient (Wildman–Crippen LogP) is 5.55. The van der Waals surface area contributed by atoms with Gasteiger partial charge in [0, 0.05) is 35.6 Å². The van der Waals surface area contributed by atoms with E-state index in [9.17, 15) is 0 Å². The fraction of sp³-hybridized carbons (Fsp3) is 0.524. The lowest BCUT2D eigenvalue weighted by atomic mass is 9.88. The van der Waals surface area contributed by atoms with Gasteiger partial charge >= 0.3 is 0 Å². The summed E-state index contributed by atoms with van der Waals surface area (Å²) in [5, 5.41) is 0. The maximum atomic E-state index is 2.45. The lowest BCUT2D eigenvalue weighted by Gasteiger charge is -2.34. The molecule has 0 spiro atoms. The van der Waals surface area contributed by atoms with E-state index in [0.717, 1.165) is 6.67 Å². The molecule has 2 aliphatic carbocycles. The van der Waals surface area contributed by atoms with E-state index in [2.05, 4.69) is 75.9 Å². The van der Waals surface area contributed by atoms with Crippen LogP contribution in [-0.2, 0) is 0 Å². The van der Waals surface area contributed by atoms with Crippen LogP contribution in [0.3, 0.4) is 0 Å². The quantitative estimate of drug-likeness (QED) is 0.659. The van der Waals surface area contributed by atoms with Crippen LogP contribution < -0.4 is 0 Å². The molecule has 0 aromatic heterocycles. The minimum absolute atomic E-state index is 0.602. The molecule has 0 N–H and O–H groups in total. The van der Waals surface area contributed by atoms with E-state index < -0.39 is 0 Å². The second-order valence-corrected chi connectivity index (χ2v) is 7.71. The Morgan fingerprint density at radius 3 is 1.48 bits per heavy atom. The summed E-state index contributed by atoms with van der Waals surface area (Å²) in [5.41, 5.74) is 8.82. The molecule has 3 aliphatic rings. The number of rotatable bonds is 2. The van der Waals surface area contributed by atoms with E-state index >= 15 is 0 Å². The standard InChI is InChI=1S/C21H30N2/c1-14-9-16(3)20(17(4)10-14)22-7-8-23(13-22)21-18(5)11-15(2)12-19(21)6/h7-9,11,17,19H,10,12-13H2,1-6H3/t17-,19-/m0/s1. The van der Waals surface area contributed by atoms with E-state index in [-0.39, 0.29) is 0 Å². The molecule has 23 heavy (non-hydrogen) atoms. The van der Waals surface area contributed by atoms with Gasteiger partial charge in [-0.2, -0.15) is 0 Å². The van der Waals surface area contributed by atoms with Crippen molar-refractivity contribution in [3.8, 4) is 0 Å². The Kier molecular flexibility index (Phi) is 4.27. The Morgan fingerprint density at radius 2 is 1.13 bits per heavy atom. The highest BCUT2D eigenvalue weighted by molar-refractivity contribution is 5.36. The molecule has 0 saturated heterocycles. The lowest BCUT2D eigenvalue weighted by molar-refractivity contribution is 0.297. The fourth-order valence-electron chi connectivity index (χ4n) is 4.69. The van der Waals surface area contributed by atoms with E-state index in [1.807, 2.05) is 0 Å². The van der Waals surface area contributed by atoms with Crippen LogP contribution in [0.25, 0.3) is 0 Å². The van der Waals surface area contributed by atoms with Gasteiger partial charge in [-0.05, 0) is 51.7 Å². The Labute approximate surface area is 141 Å². The normalized spacial score (nSPS) is 28.6. The molecular weight excluding hydrogens is 280 g/mol. The molecule has 0 saturated carbocycles.